The molecule has 0 aromatic carbocycles. The predicted octanol–water partition coefficient (Wildman–Crippen LogP) is 2.84. The van der Waals surface area contributed by atoms with E-state index in [0.29, 0.717) is 6.04 Å². The highest BCUT2D eigenvalue weighted by atomic mass is 32.2. The minimum atomic E-state index is 0.708. The fourth-order valence-corrected chi connectivity index (χ4v) is 3.01. The number of unbranched alkanes of at least 4 members (excludes halogenated alkanes) is 1. The van der Waals surface area contributed by atoms with E-state index in [1.807, 2.05) is 11.8 Å². The number of thioether (sulfide) groups is 1. The second-order valence-corrected chi connectivity index (χ2v) is 6.47. The highest BCUT2D eigenvalue weighted by Crippen LogP contribution is 2.15. The molecule has 0 aromatic heterocycles. The number of piperidine rings is 1. The molecule has 1 rings (SSSR count). The van der Waals surface area contributed by atoms with Crippen LogP contribution in [-0.2, 0) is 0 Å². The van der Waals surface area contributed by atoms with Crippen molar-refractivity contribution < 1.29 is 0 Å². The van der Waals surface area contributed by atoms with Crippen molar-refractivity contribution in [2.24, 2.45) is 5.92 Å². The van der Waals surface area contributed by atoms with Gasteiger partial charge in [0.15, 0.2) is 0 Å². The van der Waals surface area contributed by atoms with Gasteiger partial charge >= 0.3 is 0 Å². The molecule has 0 radical (unpaired) electrons. The smallest absolute Gasteiger partial charge is 0.00387 e. The Hall–Kier alpha value is 0.270. The van der Waals surface area contributed by atoms with Crippen LogP contribution in [0, 0.1) is 5.92 Å². The third-order valence-corrected chi connectivity index (χ3v) is 4.42. The second-order valence-electron chi connectivity index (χ2n) is 5.48. The number of nitrogens with one attached hydrogen (secondary N) is 1. The molecule has 1 saturated heterocycles. The Labute approximate surface area is 112 Å². The van der Waals surface area contributed by atoms with Gasteiger partial charge in [0.25, 0.3) is 0 Å². The fourth-order valence-electron chi connectivity index (χ4n) is 2.52. The van der Waals surface area contributed by atoms with Gasteiger partial charge in [-0.05, 0) is 77.1 Å². The molecular weight excluding hydrogens is 228 g/mol. The Morgan fingerprint density at radius 1 is 1.24 bits per heavy atom. The third kappa shape index (κ3) is 6.68. The van der Waals surface area contributed by atoms with E-state index in [1.165, 1.54) is 57.6 Å². The van der Waals surface area contributed by atoms with Crippen LogP contribution in [0.4, 0.5) is 0 Å². The predicted molar refractivity (Wildman–Crippen MR) is 79.9 cm³/mol. The fraction of sp³-hybridized carbons (Fsp3) is 1.00. The van der Waals surface area contributed by atoms with E-state index in [9.17, 15) is 0 Å². The van der Waals surface area contributed by atoms with Crippen LogP contribution < -0.4 is 5.32 Å². The average molecular weight is 258 g/mol. The maximum Gasteiger partial charge on any atom is 0.00387 e. The van der Waals surface area contributed by atoms with Crippen molar-refractivity contribution in [3.8, 4) is 0 Å². The Bertz CT molecular complexity index is 179. The van der Waals surface area contributed by atoms with Crippen molar-refractivity contribution >= 4 is 11.8 Å². The molecule has 0 amide bonds. The van der Waals surface area contributed by atoms with Crippen molar-refractivity contribution in [2.45, 2.75) is 45.6 Å². The maximum atomic E-state index is 3.46. The Balaban J connectivity index is 2.21. The summed E-state index contributed by atoms with van der Waals surface area (Å²) in [5, 5.41) is 3.46. The summed E-state index contributed by atoms with van der Waals surface area (Å²) in [4.78, 5) is 2.69. The standard InChI is InChI=1S/C14H30N2S/c1-13(2)16(10-4-5-11-17-3)12-14-6-8-15-9-7-14/h13-15H,4-12H2,1-3H3. The summed E-state index contributed by atoms with van der Waals surface area (Å²) in [6.07, 6.45) is 7.68. The van der Waals surface area contributed by atoms with Gasteiger partial charge in [-0.2, -0.15) is 11.8 Å². The van der Waals surface area contributed by atoms with E-state index >= 15 is 0 Å². The first-order valence-corrected chi connectivity index (χ1v) is 8.57. The van der Waals surface area contributed by atoms with Crippen molar-refractivity contribution in [3.63, 3.8) is 0 Å². The third-order valence-electron chi connectivity index (χ3n) is 3.73. The van der Waals surface area contributed by atoms with Crippen LogP contribution >= 0.6 is 11.8 Å². The van der Waals surface area contributed by atoms with Gasteiger partial charge in [-0.1, -0.05) is 0 Å². The van der Waals surface area contributed by atoms with E-state index in [1.54, 1.807) is 0 Å². The Kier molecular flexibility index (Phi) is 8.33. The van der Waals surface area contributed by atoms with Crippen LogP contribution in [0.1, 0.15) is 39.5 Å². The van der Waals surface area contributed by atoms with Crippen LogP contribution in [0.25, 0.3) is 0 Å². The van der Waals surface area contributed by atoms with Gasteiger partial charge in [0.1, 0.15) is 0 Å². The van der Waals surface area contributed by atoms with E-state index < -0.39 is 0 Å². The first kappa shape index (κ1) is 15.3. The Morgan fingerprint density at radius 2 is 1.94 bits per heavy atom. The van der Waals surface area contributed by atoms with Crippen molar-refractivity contribution in [1.82, 2.24) is 10.2 Å². The summed E-state index contributed by atoms with van der Waals surface area (Å²) in [6.45, 7) is 9.75. The summed E-state index contributed by atoms with van der Waals surface area (Å²) >= 11 is 1.97. The van der Waals surface area contributed by atoms with Crippen molar-refractivity contribution in [1.29, 1.82) is 0 Å². The van der Waals surface area contributed by atoms with Crippen LogP contribution in [0.3, 0.4) is 0 Å². The molecule has 2 nitrogen and oxygen atoms in total. The number of hydrogen-bond donors (Lipinski definition) is 1. The van der Waals surface area contributed by atoms with Gasteiger partial charge in [0, 0.05) is 12.6 Å². The molecule has 1 N–H and O–H groups in total. The molecule has 1 heterocycles. The van der Waals surface area contributed by atoms with Crippen LogP contribution in [0.2, 0.25) is 0 Å². The monoisotopic (exact) mass is 258 g/mol. The summed E-state index contributed by atoms with van der Waals surface area (Å²) in [5.41, 5.74) is 0. The highest BCUT2D eigenvalue weighted by molar-refractivity contribution is 7.98. The van der Waals surface area contributed by atoms with Gasteiger partial charge in [-0.25, -0.2) is 0 Å². The summed E-state index contributed by atoms with van der Waals surface area (Å²) in [6, 6.07) is 0.708. The van der Waals surface area contributed by atoms with Gasteiger partial charge < -0.3 is 10.2 Å². The summed E-state index contributed by atoms with van der Waals surface area (Å²) in [7, 11) is 0. The van der Waals surface area contributed by atoms with Gasteiger partial charge in [-0.3, -0.25) is 0 Å². The topological polar surface area (TPSA) is 15.3 Å². The molecule has 0 unspecified atom stereocenters. The molecule has 0 saturated carbocycles. The molecule has 0 spiro atoms. The van der Waals surface area contributed by atoms with Crippen LogP contribution in [-0.4, -0.2) is 49.1 Å². The second kappa shape index (κ2) is 9.23. The van der Waals surface area contributed by atoms with Crippen LogP contribution in [0.5, 0.6) is 0 Å². The molecule has 0 aromatic rings. The maximum absolute atomic E-state index is 3.46. The summed E-state index contributed by atoms with van der Waals surface area (Å²) in [5.74, 6) is 2.25. The van der Waals surface area contributed by atoms with E-state index in [0.717, 1.165) is 5.92 Å². The SMILES string of the molecule is CSCCCCN(CC1CCNCC1)C(C)C. The normalized spacial score (nSPS) is 18.2. The first-order chi connectivity index (χ1) is 8.24. The van der Waals surface area contributed by atoms with Gasteiger partial charge in [0.2, 0.25) is 0 Å². The number of nitrogens with zero attached hydrogens (tertiary/aromatic N) is 1. The Morgan fingerprint density at radius 3 is 2.53 bits per heavy atom. The zero-order valence-corrected chi connectivity index (χ0v) is 12.7. The summed E-state index contributed by atoms with van der Waals surface area (Å²) < 4.78 is 0. The molecule has 3 heteroatoms. The first-order valence-electron chi connectivity index (χ1n) is 7.17. The lowest BCUT2D eigenvalue weighted by Gasteiger charge is -2.32. The zero-order valence-electron chi connectivity index (χ0n) is 11.9. The van der Waals surface area contributed by atoms with E-state index in [-0.39, 0.29) is 0 Å². The average Bonchev–Trinajstić information content (AvgIpc) is 2.34. The lowest BCUT2D eigenvalue weighted by atomic mass is 9.97. The largest absolute Gasteiger partial charge is 0.317 e. The minimum Gasteiger partial charge on any atom is -0.317 e. The lowest BCUT2D eigenvalue weighted by molar-refractivity contribution is 0.167. The molecule has 1 aliphatic rings. The van der Waals surface area contributed by atoms with Crippen molar-refractivity contribution in [2.75, 3.05) is 38.2 Å². The number of rotatable bonds is 8. The molecule has 0 aliphatic carbocycles. The molecule has 0 bridgehead atoms. The van der Waals surface area contributed by atoms with Crippen LogP contribution in [0.15, 0.2) is 0 Å². The lowest BCUT2D eigenvalue weighted by Crippen LogP contribution is -2.39. The van der Waals surface area contributed by atoms with Gasteiger partial charge in [-0.15, -0.1) is 0 Å². The number of hydrogen-bond acceptors (Lipinski definition) is 3. The van der Waals surface area contributed by atoms with Gasteiger partial charge in [0.05, 0.1) is 0 Å². The molecule has 102 valence electrons. The van der Waals surface area contributed by atoms with Crippen molar-refractivity contribution in [3.05, 3.63) is 0 Å². The molecular formula is C14H30N2S. The van der Waals surface area contributed by atoms with E-state index in [4.69, 9.17) is 0 Å². The molecule has 0 atom stereocenters. The molecule has 1 fully saturated rings. The quantitative estimate of drug-likeness (QED) is 0.674. The minimum absolute atomic E-state index is 0.708. The molecule has 1 aliphatic heterocycles. The molecule has 17 heavy (non-hydrogen) atoms. The zero-order chi connectivity index (χ0) is 12.5. The highest BCUT2D eigenvalue weighted by Gasteiger charge is 2.18. The van der Waals surface area contributed by atoms with E-state index in [2.05, 4.69) is 30.3 Å².